The van der Waals surface area contributed by atoms with Crippen molar-refractivity contribution in [2.24, 2.45) is 0 Å². The van der Waals surface area contributed by atoms with Gasteiger partial charge in [-0.1, -0.05) is 0 Å². The van der Waals surface area contributed by atoms with Crippen LogP contribution in [0.25, 0.3) is 0 Å². The molecule has 1 heterocycles. The molecule has 1 aliphatic rings. The van der Waals surface area contributed by atoms with Gasteiger partial charge in [-0.15, -0.1) is 0 Å². The van der Waals surface area contributed by atoms with Gasteiger partial charge in [0.2, 0.25) is 0 Å². The monoisotopic (exact) mass is 121 g/mol. The summed E-state index contributed by atoms with van der Waals surface area (Å²) in [4.78, 5) is 0. The number of rotatable bonds is 0. The molecule has 0 saturated carbocycles. The van der Waals surface area contributed by atoms with E-state index in [0.29, 0.717) is 0 Å². The van der Waals surface area contributed by atoms with E-state index in [-0.39, 0.29) is 21.4 Å². The van der Waals surface area contributed by atoms with Crippen molar-refractivity contribution in [3.8, 4) is 0 Å². The molecule has 0 atom stereocenters. The molecule has 0 aromatic rings. The normalized spacial score (nSPS) is 14.3. The maximum Gasteiger partial charge on any atom is 0.857 e. The highest BCUT2D eigenvalue weighted by Gasteiger charge is 2.26. The molecule has 0 bridgehead atoms. The van der Waals surface area contributed by atoms with Gasteiger partial charge in [-0.05, 0) is 0 Å². The van der Waals surface area contributed by atoms with Gasteiger partial charge >= 0.3 is 25.1 Å². The van der Waals surface area contributed by atoms with E-state index in [9.17, 15) is 4.46 Å². The quantitative estimate of drug-likeness (QED) is 0.353. The molecule has 0 aromatic carbocycles. The highest BCUT2D eigenvalue weighted by Crippen LogP contribution is 1.85. The lowest BCUT2D eigenvalue weighted by Gasteiger charge is -2.10. The van der Waals surface area contributed by atoms with Crippen molar-refractivity contribution in [3.05, 3.63) is 0 Å². The van der Waals surface area contributed by atoms with Crippen molar-refractivity contribution in [1.29, 1.82) is 0 Å². The van der Waals surface area contributed by atoms with Crippen LogP contribution in [0.15, 0.2) is 0 Å². The van der Waals surface area contributed by atoms with Crippen LogP contribution >= 0.6 is 0 Å². The highest BCUT2D eigenvalue weighted by molar-refractivity contribution is 6.53. The van der Waals surface area contributed by atoms with E-state index in [1.807, 2.05) is 0 Å². The lowest BCUT2D eigenvalue weighted by Crippen LogP contribution is -2.30. The first-order chi connectivity index (χ1) is 2.39. The molecule has 1 saturated heterocycles. The van der Waals surface area contributed by atoms with Crippen LogP contribution in [-0.4, -0.2) is 30.5 Å². The molecule has 0 aromatic heterocycles. The number of hydrogen-bond donors (Lipinski definition) is 0. The zero-order chi connectivity index (χ0) is 3.70. The first-order valence-electron chi connectivity index (χ1n) is 1.08. The Bertz CT molecular complexity index is 54.6. The Morgan fingerprint density at radius 2 is 1.83 bits per heavy atom. The van der Waals surface area contributed by atoms with Crippen LogP contribution in [0.5, 0.6) is 0 Å². The molecule has 1 radical (unpaired) electrons. The summed E-state index contributed by atoms with van der Waals surface area (Å²) in [6.45, 7) is 0. The lowest BCUT2D eigenvalue weighted by atomic mass is 15.6. The molecule has 1 rings (SSSR count). The van der Waals surface area contributed by atoms with Gasteiger partial charge in [-0.2, -0.15) is 0 Å². The second-order valence-electron chi connectivity index (χ2n) is 0.582. The van der Waals surface area contributed by atoms with E-state index >= 15 is 0 Å². The third-order valence-corrected chi connectivity index (χ3v) is 2.60. The van der Waals surface area contributed by atoms with Gasteiger partial charge in [0.25, 0.3) is 0 Å². The Morgan fingerprint density at radius 1 is 1.50 bits per heavy atom. The molecular formula is H2AlO4Si. The second kappa shape index (κ2) is 2.31. The van der Waals surface area contributed by atoms with E-state index < -0.39 is 9.17 Å². The van der Waals surface area contributed by atoms with Gasteiger partial charge in [-0.3, -0.25) is 4.46 Å². The summed E-state index contributed by atoms with van der Waals surface area (Å²) in [5.74, 6) is 0. The van der Waals surface area contributed by atoms with Crippen LogP contribution in [-0.2, 0) is 11.4 Å². The Balaban J connectivity index is 0.000000250. The molecule has 0 spiro atoms. The second-order valence-corrected chi connectivity index (χ2v) is 3.16. The van der Waals surface area contributed by atoms with Gasteiger partial charge in [-0.25, -0.2) is 0 Å². The van der Waals surface area contributed by atoms with Crippen LogP contribution in [0.3, 0.4) is 0 Å². The summed E-state index contributed by atoms with van der Waals surface area (Å²) in [5.41, 5.74) is 0. The maximum atomic E-state index is 9.66. The number of hydrogen-bond acceptors (Lipinski definition) is 3. The van der Waals surface area contributed by atoms with E-state index in [1.165, 1.54) is 0 Å². The molecule has 0 unspecified atom stereocenters. The van der Waals surface area contributed by atoms with E-state index in [0.717, 1.165) is 0 Å². The molecule has 6 heavy (non-hydrogen) atoms. The lowest BCUT2D eigenvalue weighted by molar-refractivity contribution is 0.260. The molecule has 33 valence electrons. The summed E-state index contributed by atoms with van der Waals surface area (Å²) >= 11 is -0.338. The standard InChI is InChI=1S/Al.O3Si.H2O/c;1-4(2)3;/h;;1H2/q+2;-2;. The molecule has 1 aliphatic heterocycles. The largest absolute Gasteiger partial charge is 0.857 e. The maximum absolute atomic E-state index is 9.66. The first-order valence-corrected chi connectivity index (χ1v) is 3.25. The summed E-state index contributed by atoms with van der Waals surface area (Å²) in [6.07, 6.45) is 0. The molecule has 2 N–H and O–H groups in total. The van der Waals surface area contributed by atoms with Crippen LogP contribution in [0, 0.1) is 0 Å². The topological polar surface area (TPSA) is 67.0 Å². The predicted octanol–water partition coefficient (Wildman–Crippen LogP) is -1.84. The Morgan fingerprint density at radius 3 is 1.83 bits per heavy atom. The Labute approximate surface area is 42.7 Å². The van der Waals surface area contributed by atoms with Crippen molar-refractivity contribution >= 4 is 25.1 Å². The first kappa shape index (κ1) is 6.11. The van der Waals surface area contributed by atoms with Crippen molar-refractivity contribution in [2.45, 2.75) is 0 Å². The van der Waals surface area contributed by atoms with E-state index in [2.05, 4.69) is 6.96 Å². The fraction of sp³-hybridized carbons (Fsp3) is 0. The Hall–Kier alpha value is 0.109. The molecule has 1 fully saturated rings. The molecule has 4 nitrogen and oxygen atoms in total. The Kier molecular flexibility index (Phi) is 2.35. The zero-order valence-corrected chi connectivity index (χ0v) is 4.96. The van der Waals surface area contributed by atoms with Crippen molar-refractivity contribution in [1.82, 2.24) is 0 Å². The third kappa shape index (κ3) is 1.06. The average molecular weight is 121 g/mol. The average Bonchev–Trinajstić information content (AvgIpc) is 1.30. The summed E-state index contributed by atoms with van der Waals surface area (Å²) in [6, 6.07) is 0. The van der Waals surface area contributed by atoms with Crippen LogP contribution in [0.1, 0.15) is 0 Å². The van der Waals surface area contributed by atoms with Gasteiger partial charge in [0.05, 0.1) is 0 Å². The van der Waals surface area contributed by atoms with Gasteiger partial charge < -0.3 is 12.4 Å². The molecule has 6 heteroatoms. The van der Waals surface area contributed by atoms with Crippen molar-refractivity contribution < 1.29 is 16.9 Å². The molecular weight excluding hydrogens is 119 g/mol. The fourth-order valence-electron chi connectivity index (χ4n) is 0.0874. The zero-order valence-electron chi connectivity index (χ0n) is 2.80. The minimum Gasteiger partial charge on any atom is -0.628 e. The SMILES string of the molecule is O.O=[Si]1[O][Al][O]1. The smallest absolute Gasteiger partial charge is 0.628 e. The highest BCUT2D eigenvalue weighted by atomic mass is 28.3. The van der Waals surface area contributed by atoms with Gasteiger partial charge in [0.15, 0.2) is 0 Å². The van der Waals surface area contributed by atoms with Crippen molar-refractivity contribution in [2.75, 3.05) is 0 Å². The summed E-state index contributed by atoms with van der Waals surface area (Å²) in [7, 11) is -1.91. The van der Waals surface area contributed by atoms with Gasteiger partial charge in [0.1, 0.15) is 0 Å². The van der Waals surface area contributed by atoms with Crippen molar-refractivity contribution in [3.63, 3.8) is 0 Å². The van der Waals surface area contributed by atoms with Crippen LogP contribution < -0.4 is 0 Å². The minimum atomic E-state index is -1.91. The molecule has 0 aliphatic carbocycles. The van der Waals surface area contributed by atoms with Crippen LogP contribution in [0.2, 0.25) is 0 Å². The van der Waals surface area contributed by atoms with E-state index in [1.54, 1.807) is 0 Å². The van der Waals surface area contributed by atoms with Crippen LogP contribution in [0.4, 0.5) is 0 Å². The summed E-state index contributed by atoms with van der Waals surface area (Å²) in [5, 5.41) is 0. The third-order valence-electron chi connectivity index (χ3n) is 0.289. The minimum absolute atomic E-state index is 0. The van der Waals surface area contributed by atoms with E-state index in [4.69, 9.17) is 0 Å². The predicted molar refractivity (Wildman–Crippen MR) is 18.0 cm³/mol. The molecule has 0 amide bonds. The summed E-state index contributed by atoms with van der Waals surface area (Å²) < 4.78 is 18.3. The fourth-order valence-corrected chi connectivity index (χ4v) is 0.787. The van der Waals surface area contributed by atoms with Gasteiger partial charge in [0, 0.05) is 0 Å².